The van der Waals surface area contributed by atoms with Crippen molar-refractivity contribution in [2.24, 2.45) is 0 Å². The summed E-state index contributed by atoms with van der Waals surface area (Å²) >= 11 is 6.14. The van der Waals surface area contributed by atoms with Crippen molar-refractivity contribution in [2.45, 2.75) is 44.1 Å². The SMILES string of the molecule is COc1ccc(S(=O)(=O)N2CC(C(=O)NCCOc3ccc(C)c(Cl)c3)Oc3ccc(C(C)(C)C)cc32)cc1. The molecule has 0 aromatic heterocycles. The van der Waals surface area contributed by atoms with Gasteiger partial charge in [-0.2, -0.15) is 0 Å². The fraction of sp³-hybridized carbons (Fsp3) is 0.345. The molecule has 0 spiro atoms. The van der Waals surface area contributed by atoms with E-state index >= 15 is 0 Å². The lowest BCUT2D eigenvalue weighted by Gasteiger charge is -2.36. The summed E-state index contributed by atoms with van der Waals surface area (Å²) in [7, 11) is -2.50. The van der Waals surface area contributed by atoms with Gasteiger partial charge in [-0.05, 0) is 72.0 Å². The minimum Gasteiger partial charge on any atom is -0.497 e. The van der Waals surface area contributed by atoms with Crippen molar-refractivity contribution in [3.05, 3.63) is 76.8 Å². The first-order chi connectivity index (χ1) is 18.4. The van der Waals surface area contributed by atoms with Gasteiger partial charge in [0.2, 0.25) is 0 Å². The molecule has 0 saturated carbocycles. The summed E-state index contributed by atoms with van der Waals surface area (Å²) in [6.07, 6.45) is -1.06. The van der Waals surface area contributed by atoms with Crippen molar-refractivity contribution in [2.75, 3.05) is 31.1 Å². The molecule has 0 fully saturated rings. The van der Waals surface area contributed by atoms with E-state index in [1.165, 1.54) is 23.5 Å². The highest BCUT2D eigenvalue weighted by Crippen LogP contribution is 2.40. The fourth-order valence-corrected chi connectivity index (χ4v) is 5.72. The summed E-state index contributed by atoms with van der Waals surface area (Å²) in [5.41, 5.74) is 2.05. The molecule has 3 aromatic rings. The Hall–Kier alpha value is -3.43. The van der Waals surface area contributed by atoms with Gasteiger partial charge in [-0.25, -0.2) is 8.42 Å². The standard InChI is InChI=1S/C29H33ClN2O6S/c1-19-6-8-22(17-24(19)30)37-15-14-31-28(33)27-18-32(39(34,35)23-11-9-21(36-5)10-12-23)25-16-20(29(2,3)4)7-13-26(25)38-27/h6-13,16-17,27H,14-15,18H2,1-5H3,(H,31,33). The van der Waals surface area contributed by atoms with Crippen molar-refractivity contribution < 1.29 is 27.4 Å². The number of hydrogen-bond acceptors (Lipinski definition) is 6. The number of amides is 1. The molecule has 0 saturated heterocycles. The molecule has 1 amide bonds. The molecule has 10 heteroatoms. The lowest BCUT2D eigenvalue weighted by molar-refractivity contribution is -0.127. The number of nitrogens with one attached hydrogen (secondary N) is 1. The maximum atomic E-state index is 13.8. The number of nitrogens with zero attached hydrogens (tertiary/aromatic N) is 1. The smallest absolute Gasteiger partial charge is 0.264 e. The van der Waals surface area contributed by atoms with Crippen LogP contribution in [0.4, 0.5) is 5.69 Å². The van der Waals surface area contributed by atoms with Gasteiger partial charge in [0.15, 0.2) is 6.10 Å². The van der Waals surface area contributed by atoms with Crippen LogP contribution in [0.15, 0.2) is 65.6 Å². The molecule has 4 rings (SSSR count). The summed E-state index contributed by atoms with van der Waals surface area (Å²) in [5.74, 6) is 1.01. The highest BCUT2D eigenvalue weighted by Gasteiger charge is 2.38. The normalized spacial score (nSPS) is 15.2. The molecule has 0 bridgehead atoms. The van der Waals surface area contributed by atoms with Crippen LogP contribution in [-0.4, -0.2) is 47.2 Å². The van der Waals surface area contributed by atoms with Crippen LogP contribution in [0.3, 0.4) is 0 Å². The number of ether oxygens (including phenoxy) is 3. The molecule has 39 heavy (non-hydrogen) atoms. The van der Waals surface area contributed by atoms with Gasteiger partial charge in [0.25, 0.3) is 15.9 Å². The lowest BCUT2D eigenvalue weighted by Crippen LogP contribution is -2.51. The monoisotopic (exact) mass is 572 g/mol. The van der Waals surface area contributed by atoms with Crippen molar-refractivity contribution in [1.29, 1.82) is 0 Å². The van der Waals surface area contributed by atoms with Gasteiger partial charge < -0.3 is 19.5 Å². The number of carbonyl (C=O) groups is 1. The van der Waals surface area contributed by atoms with Crippen LogP contribution in [0.5, 0.6) is 17.2 Å². The summed E-state index contributed by atoms with van der Waals surface area (Å²) in [6.45, 7) is 8.26. The van der Waals surface area contributed by atoms with Gasteiger partial charge in [-0.3, -0.25) is 9.10 Å². The Bertz CT molecular complexity index is 1450. The Morgan fingerprint density at radius 2 is 1.77 bits per heavy atom. The first kappa shape index (κ1) is 28.6. The number of hydrogen-bond donors (Lipinski definition) is 1. The van der Waals surface area contributed by atoms with Crippen molar-refractivity contribution in [1.82, 2.24) is 5.32 Å². The Morgan fingerprint density at radius 3 is 2.41 bits per heavy atom. The van der Waals surface area contributed by atoms with Gasteiger partial charge in [0, 0.05) is 5.02 Å². The second kappa shape index (κ2) is 11.4. The summed E-state index contributed by atoms with van der Waals surface area (Å²) in [4.78, 5) is 13.2. The third-order valence-corrected chi connectivity index (χ3v) is 8.65. The van der Waals surface area contributed by atoms with Gasteiger partial charge in [-0.1, -0.05) is 44.5 Å². The number of halogens is 1. The quantitative estimate of drug-likeness (QED) is 0.377. The average Bonchev–Trinajstić information content (AvgIpc) is 2.91. The molecule has 1 aliphatic rings. The van der Waals surface area contributed by atoms with Crippen LogP contribution in [0.25, 0.3) is 0 Å². The molecule has 0 aliphatic carbocycles. The number of aryl methyl sites for hydroxylation is 1. The molecule has 3 aromatic carbocycles. The summed E-state index contributed by atoms with van der Waals surface area (Å²) in [5, 5.41) is 3.38. The zero-order chi connectivity index (χ0) is 28.4. The predicted octanol–water partition coefficient (Wildman–Crippen LogP) is 5.11. The number of fused-ring (bicyclic) bond motifs is 1. The highest BCUT2D eigenvalue weighted by molar-refractivity contribution is 7.92. The van der Waals surface area contributed by atoms with Gasteiger partial charge in [0.1, 0.15) is 23.9 Å². The van der Waals surface area contributed by atoms with Crippen molar-refractivity contribution >= 4 is 33.2 Å². The number of anilines is 1. The number of benzene rings is 3. The number of carbonyl (C=O) groups excluding carboxylic acids is 1. The molecule has 208 valence electrons. The third kappa shape index (κ3) is 6.42. The first-order valence-electron chi connectivity index (χ1n) is 12.5. The van der Waals surface area contributed by atoms with E-state index in [-0.39, 0.29) is 30.0 Å². The molecule has 1 heterocycles. The minimum atomic E-state index is -4.02. The molecule has 1 unspecified atom stereocenters. The topological polar surface area (TPSA) is 94.2 Å². The van der Waals surface area contributed by atoms with E-state index < -0.39 is 22.0 Å². The maximum absolute atomic E-state index is 13.8. The molecular formula is C29H33ClN2O6S. The average molecular weight is 573 g/mol. The Morgan fingerprint density at radius 1 is 1.08 bits per heavy atom. The maximum Gasteiger partial charge on any atom is 0.264 e. The van der Waals surface area contributed by atoms with Crippen LogP contribution < -0.4 is 23.8 Å². The van der Waals surface area contributed by atoms with E-state index in [9.17, 15) is 13.2 Å². The van der Waals surface area contributed by atoms with E-state index in [4.69, 9.17) is 25.8 Å². The first-order valence-corrected chi connectivity index (χ1v) is 14.4. The van der Waals surface area contributed by atoms with E-state index in [0.717, 1.165) is 11.1 Å². The van der Waals surface area contributed by atoms with Crippen LogP contribution in [-0.2, 0) is 20.2 Å². The van der Waals surface area contributed by atoms with Crippen LogP contribution in [0.1, 0.15) is 31.9 Å². The molecular weight excluding hydrogens is 540 g/mol. The molecule has 8 nitrogen and oxygen atoms in total. The van der Waals surface area contributed by atoms with Gasteiger partial charge in [-0.15, -0.1) is 0 Å². The summed E-state index contributed by atoms with van der Waals surface area (Å²) < 4.78 is 45.7. The molecule has 1 atom stereocenters. The highest BCUT2D eigenvalue weighted by atomic mass is 35.5. The van der Waals surface area contributed by atoms with Gasteiger partial charge >= 0.3 is 0 Å². The summed E-state index contributed by atoms with van der Waals surface area (Å²) in [6, 6.07) is 16.9. The van der Waals surface area contributed by atoms with E-state index in [2.05, 4.69) is 5.32 Å². The van der Waals surface area contributed by atoms with Crippen LogP contribution in [0.2, 0.25) is 5.02 Å². The minimum absolute atomic E-state index is 0.0848. The Kier molecular flexibility index (Phi) is 8.32. The van der Waals surface area contributed by atoms with Crippen LogP contribution >= 0.6 is 11.6 Å². The lowest BCUT2D eigenvalue weighted by atomic mass is 9.86. The second-order valence-corrected chi connectivity index (χ2v) is 12.6. The Balaban J connectivity index is 1.55. The van der Waals surface area contributed by atoms with Crippen LogP contribution in [0, 0.1) is 6.92 Å². The van der Waals surface area contributed by atoms with E-state index in [1.807, 2.05) is 45.9 Å². The molecule has 1 N–H and O–H groups in total. The fourth-order valence-electron chi connectivity index (χ4n) is 4.08. The van der Waals surface area contributed by atoms with E-state index in [1.54, 1.807) is 30.3 Å². The number of rotatable bonds is 8. The van der Waals surface area contributed by atoms with E-state index in [0.29, 0.717) is 28.0 Å². The zero-order valence-electron chi connectivity index (χ0n) is 22.7. The molecule has 1 aliphatic heterocycles. The molecule has 0 radical (unpaired) electrons. The number of sulfonamides is 1. The third-order valence-electron chi connectivity index (χ3n) is 6.45. The number of methoxy groups -OCH3 is 1. The Labute approximate surface area is 234 Å². The van der Waals surface area contributed by atoms with Crippen molar-refractivity contribution in [3.63, 3.8) is 0 Å². The second-order valence-electron chi connectivity index (χ2n) is 10.3. The largest absolute Gasteiger partial charge is 0.497 e. The van der Waals surface area contributed by atoms with Gasteiger partial charge in [0.05, 0.1) is 30.8 Å². The predicted molar refractivity (Wildman–Crippen MR) is 152 cm³/mol. The van der Waals surface area contributed by atoms with Crippen molar-refractivity contribution in [3.8, 4) is 17.2 Å². The zero-order valence-corrected chi connectivity index (χ0v) is 24.2.